The van der Waals surface area contributed by atoms with Crippen LogP contribution in [0.4, 0.5) is 4.39 Å². The van der Waals surface area contributed by atoms with Crippen molar-refractivity contribution in [3.8, 4) is 5.75 Å². The molecule has 0 fully saturated rings. The number of aromatic nitrogens is 1. The molecule has 0 spiro atoms. The molecule has 7 heteroatoms. The van der Waals surface area contributed by atoms with Crippen molar-refractivity contribution >= 4 is 28.5 Å². The number of hydrogen-bond donors (Lipinski definition) is 1. The van der Waals surface area contributed by atoms with Crippen LogP contribution in [0.1, 0.15) is 22.8 Å². The van der Waals surface area contributed by atoms with Crippen LogP contribution in [-0.4, -0.2) is 22.2 Å². The molecule has 1 N–H and O–H groups in total. The molecule has 0 radical (unpaired) electrons. The molecule has 0 amide bonds. The Morgan fingerprint density at radius 2 is 1.92 bits per heavy atom. The Morgan fingerprint density at radius 1 is 1.23 bits per heavy atom. The summed E-state index contributed by atoms with van der Waals surface area (Å²) in [7, 11) is 0. The van der Waals surface area contributed by atoms with E-state index in [0.29, 0.717) is 16.1 Å². The Balaban J connectivity index is 2.27. The van der Waals surface area contributed by atoms with E-state index < -0.39 is 28.7 Å². The molecule has 134 valence electrons. The molecule has 0 bridgehead atoms. The lowest BCUT2D eigenvalue weighted by Crippen LogP contribution is -2.28. The lowest BCUT2D eigenvalue weighted by atomic mass is 10.1. The van der Waals surface area contributed by atoms with Crippen LogP contribution in [0.5, 0.6) is 5.75 Å². The second-order valence-corrected chi connectivity index (χ2v) is 6.06. The number of esters is 1. The van der Waals surface area contributed by atoms with Gasteiger partial charge in [-0.3, -0.25) is 4.79 Å². The molecule has 2 aromatic carbocycles. The van der Waals surface area contributed by atoms with Gasteiger partial charge in [0.05, 0.1) is 18.7 Å². The molecule has 0 aliphatic carbocycles. The van der Waals surface area contributed by atoms with Gasteiger partial charge in [0, 0.05) is 10.4 Å². The molecule has 3 aromatic rings. The summed E-state index contributed by atoms with van der Waals surface area (Å²) < 4.78 is 19.4. The Labute approximate surface area is 153 Å². The number of fused-ring (bicyclic) bond motifs is 1. The summed E-state index contributed by atoms with van der Waals surface area (Å²) in [4.78, 5) is 25.1. The molecule has 0 saturated carbocycles. The van der Waals surface area contributed by atoms with Gasteiger partial charge in [-0.1, -0.05) is 23.7 Å². The van der Waals surface area contributed by atoms with Gasteiger partial charge in [0.25, 0.3) is 5.56 Å². The highest BCUT2D eigenvalue weighted by Gasteiger charge is 2.23. The quantitative estimate of drug-likeness (QED) is 0.705. The van der Waals surface area contributed by atoms with Gasteiger partial charge in [0.15, 0.2) is 5.56 Å². The van der Waals surface area contributed by atoms with Crippen molar-refractivity contribution < 1.29 is 19.0 Å². The van der Waals surface area contributed by atoms with E-state index in [9.17, 15) is 19.1 Å². The van der Waals surface area contributed by atoms with Gasteiger partial charge >= 0.3 is 5.97 Å². The van der Waals surface area contributed by atoms with Gasteiger partial charge in [0.1, 0.15) is 11.6 Å². The highest BCUT2D eigenvalue weighted by atomic mass is 35.5. The number of ether oxygens (including phenoxy) is 1. The van der Waals surface area contributed by atoms with E-state index in [1.54, 1.807) is 31.2 Å². The maximum absolute atomic E-state index is 13.1. The zero-order valence-corrected chi connectivity index (χ0v) is 14.6. The average molecular weight is 376 g/mol. The summed E-state index contributed by atoms with van der Waals surface area (Å²) in [6, 6.07) is 10.3. The fourth-order valence-corrected chi connectivity index (χ4v) is 2.90. The normalized spacial score (nSPS) is 10.9. The predicted molar refractivity (Wildman–Crippen MR) is 96.3 cm³/mol. The standard InChI is InChI=1S/C19H15ClFNO4/c1-2-26-19(25)16-17(23)14-9-12(20)5-8-15(14)22(18(16)24)10-11-3-6-13(21)7-4-11/h3-9,23H,2,10H2,1H3. The molecule has 0 unspecified atom stereocenters. The smallest absolute Gasteiger partial charge is 0.347 e. The molecule has 26 heavy (non-hydrogen) atoms. The maximum Gasteiger partial charge on any atom is 0.347 e. The van der Waals surface area contributed by atoms with Gasteiger partial charge in [0.2, 0.25) is 0 Å². The number of aromatic hydroxyl groups is 1. The molecule has 0 saturated heterocycles. The monoisotopic (exact) mass is 375 g/mol. The van der Waals surface area contributed by atoms with Gasteiger partial charge in [-0.05, 0) is 42.8 Å². The fourth-order valence-electron chi connectivity index (χ4n) is 2.73. The van der Waals surface area contributed by atoms with Crippen LogP contribution in [0.2, 0.25) is 5.02 Å². The highest BCUT2D eigenvalue weighted by molar-refractivity contribution is 6.31. The lowest BCUT2D eigenvalue weighted by Gasteiger charge is -2.15. The molecule has 0 aliphatic rings. The molecule has 1 aromatic heterocycles. The first kappa shape index (κ1) is 17.9. The third-order valence-corrected chi connectivity index (χ3v) is 4.17. The van der Waals surface area contributed by atoms with Crippen molar-refractivity contribution in [2.24, 2.45) is 0 Å². The van der Waals surface area contributed by atoms with Gasteiger partial charge in [-0.25, -0.2) is 9.18 Å². The van der Waals surface area contributed by atoms with Gasteiger partial charge in [-0.15, -0.1) is 0 Å². The Kier molecular flexibility index (Phi) is 4.95. The third-order valence-electron chi connectivity index (χ3n) is 3.93. The molecule has 5 nitrogen and oxygen atoms in total. The fraction of sp³-hybridized carbons (Fsp3) is 0.158. The molecule has 1 heterocycles. The summed E-state index contributed by atoms with van der Waals surface area (Å²) in [6.07, 6.45) is 0. The summed E-state index contributed by atoms with van der Waals surface area (Å²) >= 11 is 6.00. The van der Waals surface area contributed by atoms with Crippen molar-refractivity contribution in [2.75, 3.05) is 6.61 Å². The largest absolute Gasteiger partial charge is 0.506 e. The third kappa shape index (κ3) is 3.28. The van der Waals surface area contributed by atoms with Crippen molar-refractivity contribution in [1.29, 1.82) is 0 Å². The predicted octanol–water partition coefficient (Wildman–Crippen LogP) is 3.72. The van der Waals surface area contributed by atoms with Crippen LogP contribution >= 0.6 is 11.6 Å². The first-order valence-electron chi connectivity index (χ1n) is 7.89. The number of nitrogens with zero attached hydrogens (tertiary/aromatic N) is 1. The minimum Gasteiger partial charge on any atom is -0.506 e. The van der Waals surface area contributed by atoms with Crippen LogP contribution in [0.25, 0.3) is 10.9 Å². The number of carbonyl (C=O) groups is 1. The summed E-state index contributed by atoms with van der Waals surface area (Å²) in [5.41, 5.74) is -0.0941. The first-order chi connectivity index (χ1) is 12.4. The second-order valence-electron chi connectivity index (χ2n) is 5.62. The van der Waals surface area contributed by atoms with E-state index >= 15 is 0 Å². The molecule has 0 aliphatic heterocycles. The lowest BCUT2D eigenvalue weighted by molar-refractivity contribution is 0.0520. The van der Waals surface area contributed by atoms with Crippen molar-refractivity contribution in [2.45, 2.75) is 13.5 Å². The van der Waals surface area contributed by atoms with Gasteiger partial charge in [-0.2, -0.15) is 0 Å². The average Bonchev–Trinajstić information content (AvgIpc) is 2.61. The van der Waals surface area contributed by atoms with Crippen LogP contribution in [-0.2, 0) is 11.3 Å². The number of pyridine rings is 1. The number of carbonyl (C=O) groups excluding carboxylic acids is 1. The van der Waals surface area contributed by atoms with Crippen molar-refractivity contribution in [3.05, 3.63) is 74.8 Å². The first-order valence-corrected chi connectivity index (χ1v) is 8.26. The van der Waals surface area contributed by atoms with Crippen molar-refractivity contribution in [1.82, 2.24) is 4.57 Å². The van der Waals surface area contributed by atoms with Crippen LogP contribution in [0, 0.1) is 5.82 Å². The van der Waals surface area contributed by atoms with Crippen LogP contribution in [0.3, 0.4) is 0 Å². The summed E-state index contributed by atoms with van der Waals surface area (Å²) in [5, 5.41) is 11.1. The zero-order chi connectivity index (χ0) is 18.8. The Morgan fingerprint density at radius 3 is 2.58 bits per heavy atom. The van der Waals surface area contributed by atoms with Crippen LogP contribution < -0.4 is 5.56 Å². The van der Waals surface area contributed by atoms with E-state index in [2.05, 4.69) is 0 Å². The van der Waals surface area contributed by atoms with Gasteiger partial charge < -0.3 is 14.4 Å². The van der Waals surface area contributed by atoms with Crippen molar-refractivity contribution in [3.63, 3.8) is 0 Å². The summed E-state index contributed by atoms with van der Waals surface area (Å²) in [6.45, 7) is 1.75. The number of hydrogen-bond acceptors (Lipinski definition) is 4. The Bertz CT molecular complexity index is 1040. The topological polar surface area (TPSA) is 68.5 Å². The molecular weight excluding hydrogens is 361 g/mol. The number of benzene rings is 2. The highest BCUT2D eigenvalue weighted by Crippen LogP contribution is 2.29. The minimum atomic E-state index is -0.912. The van der Waals surface area contributed by atoms with Crippen LogP contribution in [0.15, 0.2) is 47.3 Å². The minimum absolute atomic E-state index is 0.0588. The summed E-state index contributed by atoms with van der Waals surface area (Å²) in [5.74, 6) is -1.78. The van der Waals surface area contributed by atoms with E-state index in [1.807, 2.05) is 0 Å². The Hall–Kier alpha value is -2.86. The number of halogens is 2. The van der Waals surface area contributed by atoms with E-state index in [4.69, 9.17) is 16.3 Å². The number of rotatable bonds is 4. The molecule has 3 rings (SSSR count). The van der Waals surface area contributed by atoms with E-state index in [1.165, 1.54) is 22.8 Å². The molecular formula is C19H15ClFNO4. The maximum atomic E-state index is 13.1. The zero-order valence-electron chi connectivity index (χ0n) is 13.8. The van der Waals surface area contributed by atoms with E-state index in [0.717, 1.165) is 0 Å². The molecule has 0 atom stereocenters. The van der Waals surface area contributed by atoms with E-state index in [-0.39, 0.29) is 18.5 Å². The second kappa shape index (κ2) is 7.17. The SMILES string of the molecule is CCOC(=O)c1c(O)c2cc(Cl)ccc2n(Cc2ccc(F)cc2)c1=O.